The van der Waals surface area contributed by atoms with Crippen LogP contribution < -0.4 is 5.32 Å². The third kappa shape index (κ3) is 2.46. The quantitative estimate of drug-likeness (QED) is 0.491. The van der Waals surface area contributed by atoms with Crippen LogP contribution in [0, 0.1) is 21.4 Å². The Labute approximate surface area is 95.6 Å². The lowest BCUT2D eigenvalue weighted by Crippen LogP contribution is -2.23. The summed E-state index contributed by atoms with van der Waals surface area (Å²) in [6.45, 7) is -0.183. The number of nitro benzene ring substituents is 1. The first-order valence-electron chi connectivity index (χ1n) is 4.16. The number of carbonyl (C=O) groups excluding carboxylic acids is 1. The van der Waals surface area contributed by atoms with Gasteiger partial charge in [0.05, 0.1) is 16.6 Å². The van der Waals surface area contributed by atoms with Crippen LogP contribution >= 0.6 is 11.6 Å². The molecule has 0 bridgehead atoms. The van der Waals surface area contributed by atoms with Crippen LogP contribution in [0.4, 0.5) is 5.69 Å². The first kappa shape index (κ1) is 11.9. The molecule has 1 rings (SSSR count). The summed E-state index contributed by atoms with van der Waals surface area (Å²) in [6, 6.07) is 5.62. The van der Waals surface area contributed by atoms with Crippen LogP contribution in [-0.2, 0) is 0 Å². The molecule has 1 aromatic rings. The number of nitrogens with one attached hydrogen (secondary N) is 1. The highest BCUT2D eigenvalue weighted by Gasteiger charge is 2.19. The van der Waals surface area contributed by atoms with Gasteiger partial charge in [-0.15, -0.1) is 0 Å². The molecule has 0 saturated carbocycles. The molecule has 6 nitrogen and oxygen atoms in total. The molecule has 0 fully saturated rings. The Balaban J connectivity index is 3.07. The number of nitrogens with zero attached hydrogens (tertiary/aromatic N) is 2. The molecule has 16 heavy (non-hydrogen) atoms. The van der Waals surface area contributed by atoms with E-state index < -0.39 is 10.8 Å². The summed E-state index contributed by atoms with van der Waals surface area (Å²) in [7, 11) is 0. The second-order valence-corrected chi connectivity index (χ2v) is 3.11. The van der Waals surface area contributed by atoms with Crippen LogP contribution in [0.3, 0.4) is 0 Å². The Morgan fingerprint density at radius 3 is 2.88 bits per heavy atom. The van der Waals surface area contributed by atoms with E-state index >= 15 is 0 Å². The van der Waals surface area contributed by atoms with Gasteiger partial charge >= 0.3 is 0 Å². The van der Waals surface area contributed by atoms with Gasteiger partial charge in [-0.25, -0.2) is 0 Å². The van der Waals surface area contributed by atoms with Crippen molar-refractivity contribution >= 4 is 23.2 Å². The molecule has 0 heterocycles. The Morgan fingerprint density at radius 2 is 2.31 bits per heavy atom. The van der Waals surface area contributed by atoms with E-state index in [9.17, 15) is 14.9 Å². The number of halogens is 1. The lowest BCUT2D eigenvalue weighted by atomic mass is 10.2. The van der Waals surface area contributed by atoms with Crippen molar-refractivity contribution in [3.63, 3.8) is 0 Å². The molecule has 82 valence electrons. The van der Waals surface area contributed by atoms with Gasteiger partial charge in [-0.3, -0.25) is 14.9 Å². The number of nitro groups is 1. The van der Waals surface area contributed by atoms with Crippen molar-refractivity contribution in [3.05, 3.63) is 38.9 Å². The fourth-order valence-electron chi connectivity index (χ4n) is 1.05. The van der Waals surface area contributed by atoms with Gasteiger partial charge in [0.2, 0.25) is 0 Å². The molecule has 1 N–H and O–H groups in total. The summed E-state index contributed by atoms with van der Waals surface area (Å²) < 4.78 is 0. The summed E-state index contributed by atoms with van der Waals surface area (Å²) in [5.41, 5.74) is -0.364. The Morgan fingerprint density at radius 1 is 1.62 bits per heavy atom. The number of carbonyl (C=O) groups is 1. The SMILES string of the molecule is N#CCNC(=O)c1cccc([N+](=O)[O-])c1Cl. The van der Waals surface area contributed by atoms with Crippen LogP contribution in [0.15, 0.2) is 18.2 Å². The third-order valence-electron chi connectivity index (χ3n) is 1.75. The molecule has 0 spiro atoms. The second-order valence-electron chi connectivity index (χ2n) is 2.74. The van der Waals surface area contributed by atoms with E-state index in [-0.39, 0.29) is 22.8 Å². The van der Waals surface area contributed by atoms with Crippen molar-refractivity contribution in [2.24, 2.45) is 0 Å². The van der Waals surface area contributed by atoms with Crippen molar-refractivity contribution in [2.75, 3.05) is 6.54 Å². The molecule has 0 radical (unpaired) electrons. The van der Waals surface area contributed by atoms with E-state index in [1.54, 1.807) is 6.07 Å². The van der Waals surface area contributed by atoms with Crippen LogP contribution in [-0.4, -0.2) is 17.4 Å². The van der Waals surface area contributed by atoms with Crippen LogP contribution in [0.2, 0.25) is 5.02 Å². The summed E-state index contributed by atoms with van der Waals surface area (Å²) in [5, 5.41) is 20.8. The van der Waals surface area contributed by atoms with Gasteiger partial charge in [0.1, 0.15) is 11.6 Å². The zero-order valence-electron chi connectivity index (χ0n) is 7.94. The number of benzene rings is 1. The van der Waals surface area contributed by atoms with Crippen molar-refractivity contribution in [1.82, 2.24) is 5.32 Å². The van der Waals surface area contributed by atoms with Crippen LogP contribution in [0.5, 0.6) is 0 Å². The molecule has 1 amide bonds. The normalized spacial score (nSPS) is 9.25. The molecule has 0 aromatic heterocycles. The maximum Gasteiger partial charge on any atom is 0.288 e. The molecule has 0 aliphatic rings. The van der Waals surface area contributed by atoms with Gasteiger partial charge in [0, 0.05) is 6.07 Å². The zero-order valence-corrected chi connectivity index (χ0v) is 8.69. The summed E-state index contributed by atoms with van der Waals surface area (Å²) >= 11 is 5.69. The molecule has 7 heteroatoms. The maximum absolute atomic E-state index is 11.4. The Bertz CT molecular complexity index is 481. The predicted octanol–water partition coefficient (Wildman–Crippen LogP) is 1.50. The monoisotopic (exact) mass is 239 g/mol. The predicted molar refractivity (Wildman–Crippen MR) is 56.1 cm³/mol. The van der Waals surface area contributed by atoms with Gasteiger partial charge in [-0.05, 0) is 6.07 Å². The van der Waals surface area contributed by atoms with Gasteiger partial charge in [0.25, 0.3) is 11.6 Å². The highest BCUT2D eigenvalue weighted by molar-refractivity contribution is 6.35. The number of rotatable bonds is 3. The highest BCUT2D eigenvalue weighted by Crippen LogP contribution is 2.27. The summed E-state index contributed by atoms with van der Waals surface area (Å²) in [5.74, 6) is -0.616. The van der Waals surface area contributed by atoms with Crippen molar-refractivity contribution in [3.8, 4) is 6.07 Å². The summed E-state index contributed by atoms with van der Waals surface area (Å²) in [4.78, 5) is 21.3. The minimum atomic E-state index is -0.677. The van der Waals surface area contributed by atoms with Gasteiger partial charge in [-0.1, -0.05) is 17.7 Å². The summed E-state index contributed by atoms with van der Waals surface area (Å²) in [6.07, 6.45) is 0. The molecule has 0 atom stereocenters. The van der Waals surface area contributed by atoms with Crippen LogP contribution in [0.25, 0.3) is 0 Å². The first-order chi connectivity index (χ1) is 7.57. The van der Waals surface area contributed by atoms with Crippen molar-refractivity contribution < 1.29 is 9.72 Å². The lowest BCUT2D eigenvalue weighted by molar-refractivity contribution is -0.384. The van der Waals surface area contributed by atoms with E-state index in [0.29, 0.717) is 0 Å². The topological polar surface area (TPSA) is 96.0 Å². The van der Waals surface area contributed by atoms with E-state index in [1.165, 1.54) is 18.2 Å². The lowest BCUT2D eigenvalue weighted by Gasteiger charge is -2.03. The zero-order chi connectivity index (χ0) is 12.1. The van der Waals surface area contributed by atoms with Crippen molar-refractivity contribution in [1.29, 1.82) is 5.26 Å². The first-order valence-corrected chi connectivity index (χ1v) is 4.53. The smallest absolute Gasteiger partial charge is 0.288 e. The van der Waals surface area contributed by atoms with E-state index in [4.69, 9.17) is 16.9 Å². The fraction of sp³-hybridized carbons (Fsp3) is 0.111. The molecule has 0 saturated heterocycles. The number of amides is 1. The molecule has 1 aromatic carbocycles. The highest BCUT2D eigenvalue weighted by atomic mass is 35.5. The fourth-order valence-corrected chi connectivity index (χ4v) is 1.33. The van der Waals surface area contributed by atoms with E-state index in [0.717, 1.165) is 0 Å². The van der Waals surface area contributed by atoms with Gasteiger partial charge in [0.15, 0.2) is 0 Å². The maximum atomic E-state index is 11.4. The van der Waals surface area contributed by atoms with E-state index in [2.05, 4.69) is 5.32 Å². The molecule has 0 aliphatic heterocycles. The average Bonchev–Trinajstić information content (AvgIpc) is 2.25. The number of nitriles is 1. The molecular formula is C9H6ClN3O3. The minimum Gasteiger partial charge on any atom is -0.339 e. The minimum absolute atomic E-state index is 0.0221. The number of hydrogen-bond donors (Lipinski definition) is 1. The van der Waals surface area contributed by atoms with Gasteiger partial charge in [-0.2, -0.15) is 5.26 Å². The van der Waals surface area contributed by atoms with Crippen molar-refractivity contribution in [2.45, 2.75) is 0 Å². The second kappa shape index (κ2) is 5.09. The molecule has 0 unspecified atom stereocenters. The average molecular weight is 240 g/mol. The standard InChI is InChI=1S/C9H6ClN3O3/c10-8-6(9(14)12-5-4-11)2-1-3-7(8)13(15)16/h1-3H,5H2,(H,12,14). The van der Waals surface area contributed by atoms with Gasteiger partial charge < -0.3 is 5.32 Å². The van der Waals surface area contributed by atoms with Crippen LogP contribution in [0.1, 0.15) is 10.4 Å². The number of hydrogen-bond acceptors (Lipinski definition) is 4. The third-order valence-corrected chi connectivity index (χ3v) is 2.14. The van der Waals surface area contributed by atoms with E-state index in [1.807, 2.05) is 0 Å². The largest absolute Gasteiger partial charge is 0.339 e. The molecular weight excluding hydrogens is 234 g/mol. The molecule has 0 aliphatic carbocycles. The Kier molecular flexibility index (Phi) is 3.80. The Hall–Kier alpha value is -2.13.